The Hall–Kier alpha value is -2.50. The van der Waals surface area contributed by atoms with Crippen LogP contribution in [-0.2, 0) is 0 Å². The second-order valence-corrected chi connectivity index (χ2v) is 12.2. The molecule has 0 atom stereocenters. The van der Waals surface area contributed by atoms with Crippen molar-refractivity contribution in [3.8, 4) is 16.9 Å². The molecule has 6 rings (SSSR count). The van der Waals surface area contributed by atoms with E-state index >= 15 is 4.39 Å². The van der Waals surface area contributed by atoms with Crippen molar-refractivity contribution in [2.75, 3.05) is 21.9 Å². The Balaban J connectivity index is 1.68. The SMILES string of the molecule is Nc1cccc(F)c1-c1nc2c(cc1F)c(N(I)CCN(N)I)nc(=O)n2-c1c(C2CC2)ccnc1C1CC1. The lowest BCUT2D eigenvalue weighted by Gasteiger charge is -2.22. The molecule has 39 heavy (non-hydrogen) atoms. The van der Waals surface area contributed by atoms with Crippen LogP contribution in [0.15, 0.2) is 41.3 Å². The molecule has 202 valence electrons. The van der Waals surface area contributed by atoms with Gasteiger partial charge in [-0.1, -0.05) is 6.07 Å². The van der Waals surface area contributed by atoms with Gasteiger partial charge in [-0.2, -0.15) is 8.21 Å². The Morgan fingerprint density at radius 2 is 1.77 bits per heavy atom. The van der Waals surface area contributed by atoms with Crippen LogP contribution in [0.3, 0.4) is 0 Å². The van der Waals surface area contributed by atoms with Gasteiger partial charge in [-0.25, -0.2) is 23.1 Å². The van der Waals surface area contributed by atoms with Crippen molar-refractivity contribution in [3.63, 3.8) is 0 Å². The highest BCUT2D eigenvalue weighted by Crippen LogP contribution is 2.48. The van der Waals surface area contributed by atoms with Crippen LogP contribution in [-0.4, -0.2) is 35.8 Å². The summed E-state index contributed by atoms with van der Waals surface area (Å²) in [6, 6.07) is 7.33. The Kier molecular flexibility index (Phi) is 7.18. The molecule has 9 nitrogen and oxygen atoms in total. The van der Waals surface area contributed by atoms with Gasteiger partial charge in [0.15, 0.2) is 17.3 Å². The fraction of sp³-hybridized carbons (Fsp3) is 0.308. The van der Waals surface area contributed by atoms with E-state index in [1.54, 1.807) is 9.31 Å². The minimum Gasteiger partial charge on any atom is -0.398 e. The molecule has 0 aliphatic heterocycles. The first-order valence-corrected chi connectivity index (χ1v) is 14.5. The third kappa shape index (κ3) is 5.09. The van der Waals surface area contributed by atoms with E-state index < -0.39 is 17.3 Å². The molecule has 0 spiro atoms. The van der Waals surface area contributed by atoms with Crippen LogP contribution >= 0.6 is 45.7 Å². The summed E-state index contributed by atoms with van der Waals surface area (Å²) >= 11 is 3.98. The zero-order valence-electron chi connectivity index (χ0n) is 20.6. The summed E-state index contributed by atoms with van der Waals surface area (Å²) in [6.07, 6.45) is 5.74. The molecule has 0 saturated heterocycles. The van der Waals surface area contributed by atoms with Gasteiger partial charge in [-0.05, 0) is 61.4 Å². The van der Waals surface area contributed by atoms with Crippen LogP contribution in [0.25, 0.3) is 28.0 Å². The molecule has 2 saturated carbocycles. The topological polar surface area (TPSA) is 119 Å². The zero-order valence-corrected chi connectivity index (χ0v) is 24.9. The van der Waals surface area contributed by atoms with Crippen LogP contribution in [0, 0.1) is 11.6 Å². The van der Waals surface area contributed by atoms with Crippen LogP contribution < -0.4 is 20.4 Å². The normalized spacial score (nSPS) is 15.3. The number of anilines is 2. The van der Waals surface area contributed by atoms with Crippen molar-refractivity contribution in [1.29, 1.82) is 0 Å². The van der Waals surface area contributed by atoms with Gasteiger partial charge in [0.25, 0.3) is 0 Å². The average molecular weight is 756 g/mol. The zero-order chi connectivity index (χ0) is 27.4. The number of rotatable bonds is 8. The van der Waals surface area contributed by atoms with Gasteiger partial charge in [0.05, 0.1) is 45.2 Å². The third-order valence-corrected chi connectivity index (χ3v) is 8.43. The molecular weight excluding hydrogens is 732 g/mol. The van der Waals surface area contributed by atoms with Gasteiger partial charge in [-0.3, -0.25) is 13.9 Å². The van der Waals surface area contributed by atoms with E-state index in [0.717, 1.165) is 36.9 Å². The number of aromatic nitrogens is 4. The highest BCUT2D eigenvalue weighted by atomic mass is 127. The van der Waals surface area contributed by atoms with Crippen molar-refractivity contribution < 1.29 is 8.78 Å². The van der Waals surface area contributed by atoms with E-state index in [1.807, 2.05) is 51.8 Å². The molecule has 0 bridgehead atoms. The van der Waals surface area contributed by atoms with Gasteiger partial charge in [0.2, 0.25) is 0 Å². The Labute approximate surface area is 250 Å². The van der Waals surface area contributed by atoms with Gasteiger partial charge in [0.1, 0.15) is 11.5 Å². The molecule has 2 aliphatic carbocycles. The van der Waals surface area contributed by atoms with Gasteiger partial charge < -0.3 is 5.73 Å². The average Bonchev–Trinajstić information content (AvgIpc) is 3.81. The van der Waals surface area contributed by atoms with Crippen LogP contribution in [0.4, 0.5) is 20.3 Å². The number of nitrogens with two attached hydrogens (primary N) is 2. The second kappa shape index (κ2) is 10.5. The molecule has 13 heteroatoms. The molecule has 2 fully saturated rings. The lowest BCUT2D eigenvalue weighted by Crippen LogP contribution is -2.31. The summed E-state index contributed by atoms with van der Waals surface area (Å²) in [5.74, 6) is 5.06. The van der Waals surface area contributed by atoms with E-state index in [1.165, 1.54) is 32.1 Å². The monoisotopic (exact) mass is 756 g/mol. The molecule has 0 unspecified atom stereocenters. The molecule has 4 aromatic rings. The van der Waals surface area contributed by atoms with Crippen molar-refractivity contribution >= 4 is 68.3 Å². The first-order chi connectivity index (χ1) is 18.7. The number of hydrazine groups is 1. The highest BCUT2D eigenvalue weighted by molar-refractivity contribution is 14.1. The molecule has 3 aromatic heterocycles. The lowest BCUT2D eigenvalue weighted by atomic mass is 10.0. The smallest absolute Gasteiger partial charge is 0.355 e. The van der Waals surface area contributed by atoms with Crippen molar-refractivity contribution in [2.45, 2.75) is 37.5 Å². The van der Waals surface area contributed by atoms with Crippen molar-refractivity contribution in [3.05, 3.63) is 69.9 Å². The maximum Gasteiger partial charge on any atom is 0.355 e. The second-order valence-electron chi connectivity index (χ2n) is 9.84. The largest absolute Gasteiger partial charge is 0.398 e. The quantitative estimate of drug-likeness (QED) is 0.0835. The number of halogens is 4. The molecule has 2 aliphatic rings. The maximum absolute atomic E-state index is 15.7. The summed E-state index contributed by atoms with van der Waals surface area (Å²) in [7, 11) is 0. The summed E-state index contributed by atoms with van der Waals surface area (Å²) in [5.41, 5.74) is 7.76. The first kappa shape index (κ1) is 26.7. The van der Waals surface area contributed by atoms with Gasteiger partial charge in [0, 0.05) is 53.8 Å². The first-order valence-electron chi connectivity index (χ1n) is 12.5. The summed E-state index contributed by atoms with van der Waals surface area (Å²) in [4.78, 5) is 27.6. The van der Waals surface area contributed by atoms with Crippen LogP contribution in [0.2, 0.25) is 0 Å². The summed E-state index contributed by atoms with van der Waals surface area (Å²) in [5, 5.41) is 0.310. The lowest BCUT2D eigenvalue weighted by molar-refractivity contribution is 0.553. The van der Waals surface area contributed by atoms with Gasteiger partial charge >= 0.3 is 5.69 Å². The predicted octanol–water partition coefficient (Wildman–Crippen LogP) is 5.14. The Bertz CT molecular complexity index is 1610. The number of benzene rings is 1. The molecule has 0 amide bonds. The number of hydrogen-bond donors (Lipinski definition) is 2. The standard InChI is InChI=1S/C26H24F2I2N8O/c27-17-2-1-3-19(31)20(17)22-18(28)12-16-24(36(29)10-11-37(30)32)35-26(39)38(25(16)34-22)23-15(13-4-5-13)8-9-33-21(23)14-6-7-14/h1-3,8-9,12-14H,4-7,10-11,31-32H2. The van der Waals surface area contributed by atoms with Crippen LogP contribution in [0.5, 0.6) is 0 Å². The van der Waals surface area contributed by atoms with Crippen LogP contribution in [0.1, 0.15) is 48.8 Å². The minimum atomic E-state index is -0.775. The maximum atomic E-state index is 15.7. The highest BCUT2D eigenvalue weighted by Gasteiger charge is 2.35. The summed E-state index contributed by atoms with van der Waals surface area (Å²) in [6.45, 7) is 0.860. The number of hydrogen-bond acceptors (Lipinski definition) is 8. The van der Waals surface area contributed by atoms with E-state index in [2.05, 4.69) is 15.0 Å². The van der Waals surface area contributed by atoms with Crippen molar-refractivity contribution in [2.24, 2.45) is 5.84 Å². The number of fused-ring (bicyclic) bond motifs is 1. The fourth-order valence-electron chi connectivity index (χ4n) is 4.86. The van der Waals surface area contributed by atoms with E-state index in [0.29, 0.717) is 30.1 Å². The van der Waals surface area contributed by atoms with E-state index in [9.17, 15) is 9.18 Å². The Morgan fingerprint density at radius 3 is 2.44 bits per heavy atom. The fourth-order valence-corrected chi connectivity index (χ4v) is 5.66. The molecular formula is C26H24F2I2N8O. The van der Waals surface area contributed by atoms with Gasteiger partial charge in [-0.15, -0.1) is 0 Å². The molecule has 0 radical (unpaired) electrons. The molecule has 1 aromatic carbocycles. The molecule has 3 heterocycles. The number of nitrogen functional groups attached to an aromatic ring is 1. The number of nitrogens with zero attached hydrogens (tertiary/aromatic N) is 6. The number of pyridine rings is 2. The van der Waals surface area contributed by atoms with Crippen molar-refractivity contribution in [1.82, 2.24) is 22.7 Å². The third-order valence-electron chi connectivity index (χ3n) is 7.01. The Morgan fingerprint density at radius 1 is 1.03 bits per heavy atom. The minimum absolute atomic E-state index is 0.0447. The summed E-state index contributed by atoms with van der Waals surface area (Å²) < 4.78 is 35.3. The van der Waals surface area contributed by atoms with E-state index in [-0.39, 0.29) is 34.3 Å². The molecule has 4 N–H and O–H groups in total. The predicted molar refractivity (Wildman–Crippen MR) is 163 cm³/mol. The van der Waals surface area contributed by atoms with E-state index in [4.69, 9.17) is 11.6 Å².